The van der Waals surface area contributed by atoms with Crippen molar-refractivity contribution in [1.29, 1.82) is 0 Å². The zero-order chi connectivity index (χ0) is 19.5. The molecule has 1 N–H and O–H groups in total. The predicted molar refractivity (Wildman–Crippen MR) is 117 cm³/mol. The Labute approximate surface area is 175 Å². The van der Waals surface area contributed by atoms with E-state index in [9.17, 15) is 5.11 Å². The fraction of sp³-hybridized carbons (Fsp3) is 0.692. The van der Waals surface area contributed by atoms with Crippen LogP contribution in [0.5, 0.6) is 0 Å². The summed E-state index contributed by atoms with van der Waals surface area (Å²) in [6, 6.07) is 8.04. The summed E-state index contributed by atoms with van der Waals surface area (Å²) in [5.74, 6) is 3.26. The van der Waals surface area contributed by atoms with Gasteiger partial charge in [0, 0.05) is 10.4 Å². The second-order valence-electron chi connectivity index (χ2n) is 10.8. The number of hydrogen-bond acceptors (Lipinski definition) is 1. The zero-order valence-corrected chi connectivity index (χ0v) is 18.2. The van der Waals surface area contributed by atoms with Gasteiger partial charge in [0.15, 0.2) is 0 Å². The van der Waals surface area contributed by atoms with Crippen molar-refractivity contribution in [2.24, 2.45) is 34.5 Å². The third-order valence-electron chi connectivity index (χ3n) is 9.70. The summed E-state index contributed by atoms with van der Waals surface area (Å²) in [7, 11) is 0. The first-order valence-corrected chi connectivity index (χ1v) is 11.9. The zero-order valence-electron chi connectivity index (χ0n) is 17.5. The van der Waals surface area contributed by atoms with Gasteiger partial charge in [0.2, 0.25) is 0 Å². The van der Waals surface area contributed by atoms with Crippen LogP contribution >= 0.6 is 11.6 Å². The Morgan fingerprint density at radius 2 is 1.79 bits per heavy atom. The van der Waals surface area contributed by atoms with Gasteiger partial charge in [-0.2, -0.15) is 0 Å². The number of aliphatic hydroxyl groups excluding tert-OH is 1. The molecule has 0 saturated heterocycles. The van der Waals surface area contributed by atoms with Crippen molar-refractivity contribution in [1.82, 2.24) is 0 Å². The SMILES string of the molecule is CC12CCCCC1CCC1C2CCC2(C)C(O)C(=Cc3ccccc3Cl)CC12. The van der Waals surface area contributed by atoms with Crippen molar-refractivity contribution >= 4 is 17.7 Å². The van der Waals surface area contributed by atoms with Crippen molar-refractivity contribution in [2.45, 2.75) is 77.7 Å². The molecule has 152 valence electrons. The fourth-order valence-electron chi connectivity index (χ4n) is 8.09. The normalized spacial score (nSPS) is 46.7. The maximum Gasteiger partial charge on any atom is 0.0809 e. The van der Waals surface area contributed by atoms with Gasteiger partial charge in [-0.15, -0.1) is 0 Å². The predicted octanol–water partition coefficient (Wildman–Crippen LogP) is 7.13. The van der Waals surface area contributed by atoms with Crippen molar-refractivity contribution in [3.8, 4) is 0 Å². The van der Waals surface area contributed by atoms with Crippen LogP contribution in [0.25, 0.3) is 6.08 Å². The Morgan fingerprint density at radius 3 is 2.61 bits per heavy atom. The summed E-state index contributed by atoms with van der Waals surface area (Å²) < 4.78 is 0. The number of rotatable bonds is 1. The second-order valence-corrected chi connectivity index (χ2v) is 11.2. The highest BCUT2D eigenvalue weighted by molar-refractivity contribution is 6.32. The molecule has 4 aliphatic carbocycles. The van der Waals surface area contributed by atoms with E-state index in [2.05, 4.69) is 26.0 Å². The average molecular weight is 399 g/mol. The first kappa shape index (κ1) is 19.2. The van der Waals surface area contributed by atoms with Crippen LogP contribution in [0.3, 0.4) is 0 Å². The smallest absolute Gasteiger partial charge is 0.0809 e. The number of halogens is 1. The molecular weight excluding hydrogens is 364 g/mol. The van der Waals surface area contributed by atoms with Gasteiger partial charge in [-0.25, -0.2) is 0 Å². The van der Waals surface area contributed by atoms with Gasteiger partial charge in [-0.1, -0.05) is 62.6 Å². The maximum atomic E-state index is 11.4. The highest BCUT2D eigenvalue weighted by Crippen LogP contribution is 2.67. The van der Waals surface area contributed by atoms with Gasteiger partial charge < -0.3 is 5.11 Å². The van der Waals surface area contributed by atoms with Gasteiger partial charge >= 0.3 is 0 Å². The molecule has 0 heterocycles. The monoisotopic (exact) mass is 398 g/mol. The molecule has 1 aromatic rings. The largest absolute Gasteiger partial charge is 0.388 e. The van der Waals surface area contributed by atoms with Gasteiger partial charge in [-0.05, 0) is 91.2 Å². The first-order chi connectivity index (χ1) is 13.4. The summed E-state index contributed by atoms with van der Waals surface area (Å²) in [6.07, 6.45) is 14.0. The standard InChI is InChI=1S/C26H35ClO/c1-25-13-6-5-8-19(25)10-11-20-21(25)12-14-26(2)22(20)16-18(24(26)28)15-17-7-3-4-9-23(17)27/h3-4,7,9,15,19-22,24,28H,5-6,8,10-14,16H2,1-2H3. The number of hydrogen-bond donors (Lipinski definition) is 1. The molecule has 4 fully saturated rings. The second kappa shape index (κ2) is 6.88. The third kappa shape index (κ3) is 2.76. The lowest BCUT2D eigenvalue weighted by molar-refractivity contribution is -0.119. The Balaban J connectivity index is 1.47. The molecule has 5 rings (SSSR count). The lowest BCUT2D eigenvalue weighted by Crippen LogP contribution is -2.53. The van der Waals surface area contributed by atoms with Crippen LogP contribution in [0.4, 0.5) is 0 Å². The molecule has 7 unspecified atom stereocenters. The highest BCUT2D eigenvalue weighted by Gasteiger charge is 2.60. The van der Waals surface area contributed by atoms with Crippen LogP contribution in [0.1, 0.15) is 77.2 Å². The summed E-state index contributed by atoms with van der Waals surface area (Å²) in [5, 5.41) is 12.2. The van der Waals surface area contributed by atoms with E-state index in [1.165, 1.54) is 56.9 Å². The van der Waals surface area contributed by atoms with E-state index < -0.39 is 0 Å². The Morgan fingerprint density at radius 1 is 0.964 bits per heavy atom. The van der Waals surface area contributed by atoms with E-state index in [4.69, 9.17) is 11.6 Å². The van der Waals surface area contributed by atoms with Gasteiger partial charge in [0.25, 0.3) is 0 Å². The van der Waals surface area contributed by atoms with Gasteiger partial charge in [0.05, 0.1) is 6.10 Å². The van der Waals surface area contributed by atoms with E-state index in [1.54, 1.807) is 0 Å². The Hall–Kier alpha value is -0.790. The van der Waals surface area contributed by atoms with Gasteiger partial charge in [0.1, 0.15) is 0 Å². The number of benzene rings is 1. The van der Waals surface area contributed by atoms with Crippen LogP contribution in [0, 0.1) is 34.5 Å². The van der Waals surface area contributed by atoms with E-state index in [0.717, 1.165) is 34.8 Å². The van der Waals surface area contributed by atoms with Crippen LogP contribution in [0.15, 0.2) is 29.8 Å². The molecule has 0 radical (unpaired) electrons. The molecule has 0 aromatic heterocycles. The molecule has 0 amide bonds. The molecule has 0 aliphatic heterocycles. The van der Waals surface area contributed by atoms with Crippen LogP contribution < -0.4 is 0 Å². The Kier molecular flexibility index (Phi) is 4.71. The molecular formula is C26H35ClO. The minimum Gasteiger partial charge on any atom is -0.388 e. The van der Waals surface area contributed by atoms with Crippen molar-refractivity contribution in [3.05, 3.63) is 40.4 Å². The molecule has 4 saturated carbocycles. The molecule has 1 aromatic carbocycles. The number of aliphatic hydroxyl groups is 1. The molecule has 0 spiro atoms. The third-order valence-corrected chi connectivity index (χ3v) is 10.0. The lowest BCUT2D eigenvalue weighted by Gasteiger charge is -2.60. The fourth-order valence-corrected chi connectivity index (χ4v) is 8.28. The quantitative estimate of drug-likeness (QED) is 0.533. The van der Waals surface area contributed by atoms with Gasteiger partial charge in [-0.3, -0.25) is 0 Å². The summed E-state index contributed by atoms with van der Waals surface area (Å²) in [6.45, 7) is 5.00. The van der Waals surface area contributed by atoms with E-state index in [-0.39, 0.29) is 11.5 Å². The minimum atomic E-state index is -0.313. The van der Waals surface area contributed by atoms with Crippen LogP contribution in [0.2, 0.25) is 5.02 Å². The molecule has 4 aliphatic rings. The van der Waals surface area contributed by atoms with Crippen molar-refractivity contribution in [2.75, 3.05) is 0 Å². The van der Waals surface area contributed by atoms with Crippen LogP contribution in [-0.4, -0.2) is 11.2 Å². The van der Waals surface area contributed by atoms with Crippen LogP contribution in [-0.2, 0) is 0 Å². The maximum absolute atomic E-state index is 11.4. The molecule has 2 heteroatoms. The van der Waals surface area contributed by atoms with Crippen molar-refractivity contribution in [3.63, 3.8) is 0 Å². The topological polar surface area (TPSA) is 20.2 Å². The Bertz CT molecular complexity index is 784. The average Bonchev–Trinajstić information content (AvgIpc) is 2.94. The molecule has 28 heavy (non-hydrogen) atoms. The van der Waals surface area contributed by atoms with Crippen molar-refractivity contribution < 1.29 is 5.11 Å². The molecule has 0 bridgehead atoms. The summed E-state index contributed by atoms with van der Waals surface area (Å²) >= 11 is 6.42. The van der Waals surface area contributed by atoms with E-state index in [1.807, 2.05) is 18.2 Å². The first-order valence-electron chi connectivity index (χ1n) is 11.6. The van der Waals surface area contributed by atoms with E-state index in [0.29, 0.717) is 11.3 Å². The molecule has 1 nitrogen and oxygen atoms in total. The van der Waals surface area contributed by atoms with E-state index >= 15 is 0 Å². The number of fused-ring (bicyclic) bond motifs is 5. The minimum absolute atomic E-state index is 0.0477. The summed E-state index contributed by atoms with van der Waals surface area (Å²) in [5.41, 5.74) is 2.88. The molecule has 7 atom stereocenters. The lowest BCUT2D eigenvalue weighted by atomic mass is 9.45. The highest BCUT2D eigenvalue weighted by atomic mass is 35.5. The summed E-state index contributed by atoms with van der Waals surface area (Å²) in [4.78, 5) is 0.